The van der Waals surface area contributed by atoms with Crippen LogP contribution in [0, 0.1) is 6.92 Å². The summed E-state index contributed by atoms with van der Waals surface area (Å²) in [5, 5.41) is 9.11. The van der Waals surface area contributed by atoms with Crippen molar-refractivity contribution in [2.24, 2.45) is 4.99 Å². The first-order valence-electron chi connectivity index (χ1n) is 9.56. The molecular formula is C21H31IN4OS. The topological polar surface area (TPSA) is 48.9 Å². The van der Waals surface area contributed by atoms with Crippen molar-refractivity contribution in [3.05, 3.63) is 51.7 Å². The Kier molecular flexibility index (Phi) is 9.53. The van der Waals surface area contributed by atoms with Gasteiger partial charge in [0.1, 0.15) is 5.75 Å². The Balaban J connectivity index is 0.00000280. The van der Waals surface area contributed by atoms with Crippen LogP contribution in [0.25, 0.3) is 0 Å². The molecule has 1 aromatic heterocycles. The number of rotatable bonds is 7. The molecule has 5 nitrogen and oxygen atoms in total. The van der Waals surface area contributed by atoms with Crippen molar-refractivity contribution >= 4 is 41.3 Å². The van der Waals surface area contributed by atoms with Gasteiger partial charge in [0.2, 0.25) is 0 Å². The molecule has 0 bridgehead atoms. The second-order valence-electron chi connectivity index (χ2n) is 6.88. The number of aliphatic imine (C=N–C) groups is 1. The zero-order chi connectivity index (χ0) is 19.1. The van der Waals surface area contributed by atoms with Gasteiger partial charge >= 0.3 is 0 Å². The molecule has 1 fully saturated rings. The third-order valence-corrected chi connectivity index (χ3v) is 6.03. The Bertz CT molecular complexity index is 745. The number of aryl methyl sites for hydroxylation is 1. The number of halogens is 1. The van der Waals surface area contributed by atoms with Crippen molar-refractivity contribution in [1.29, 1.82) is 0 Å². The third kappa shape index (κ3) is 6.09. The van der Waals surface area contributed by atoms with Crippen molar-refractivity contribution in [2.45, 2.75) is 32.4 Å². The van der Waals surface area contributed by atoms with Crippen LogP contribution in [0.15, 0.2) is 40.7 Å². The molecule has 0 spiro atoms. The predicted molar refractivity (Wildman–Crippen MR) is 129 cm³/mol. The molecule has 1 unspecified atom stereocenters. The van der Waals surface area contributed by atoms with E-state index in [1.165, 1.54) is 36.4 Å². The van der Waals surface area contributed by atoms with E-state index in [9.17, 15) is 0 Å². The molecule has 1 saturated heterocycles. The van der Waals surface area contributed by atoms with Gasteiger partial charge in [-0.15, -0.1) is 35.3 Å². The highest BCUT2D eigenvalue weighted by molar-refractivity contribution is 14.0. The van der Waals surface area contributed by atoms with Crippen molar-refractivity contribution in [3.8, 4) is 5.75 Å². The van der Waals surface area contributed by atoms with Crippen LogP contribution >= 0.6 is 35.3 Å². The van der Waals surface area contributed by atoms with Crippen molar-refractivity contribution in [1.82, 2.24) is 15.5 Å². The largest absolute Gasteiger partial charge is 0.496 e. The number of ether oxygens (including phenoxy) is 1. The number of nitrogens with zero attached hydrogens (tertiary/aromatic N) is 2. The molecule has 3 rings (SSSR count). The molecule has 0 aliphatic carbocycles. The fraction of sp³-hybridized carbons (Fsp3) is 0.476. The summed E-state index contributed by atoms with van der Waals surface area (Å²) < 4.78 is 5.34. The van der Waals surface area contributed by atoms with E-state index in [-0.39, 0.29) is 24.0 Å². The van der Waals surface area contributed by atoms with E-state index in [4.69, 9.17) is 4.74 Å². The molecule has 1 atom stereocenters. The minimum absolute atomic E-state index is 0. The summed E-state index contributed by atoms with van der Waals surface area (Å²) in [5.41, 5.74) is 2.36. The van der Waals surface area contributed by atoms with Gasteiger partial charge in [-0.25, -0.2) is 0 Å². The lowest BCUT2D eigenvalue weighted by molar-refractivity contribution is 0.249. The highest BCUT2D eigenvalue weighted by Crippen LogP contribution is 2.27. The number of hydrogen-bond acceptors (Lipinski definition) is 4. The summed E-state index contributed by atoms with van der Waals surface area (Å²) in [5.74, 6) is 1.76. The summed E-state index contributed by atoms with van der Waals surface area (Å²) in [4.78, 5) is 8.40. The van der Waals surface area contributed by atoms with Crippen molar-refractivity contribution in [3.63, 3.8) is 0 Å². The van der Waals surface area contributed by atoms with Crippen LogP contribution in [0.1, 0.15) is 34.9 Å². The Hall–Kier alpha value is -1.32. The maximum atomic E-state index is 5.34. The van der Waals surface area contributed by atoms with Crippen LogP contribution in [-0.2, 0) is 6.54 Å². The summed E-state index contributed by atoms with van der Waals surface area (Å²) in [6.07, 6.45) is 2.59. The molecule has 2 heterocycles. The minimum atomic E-state index is 0. The van der Waals surface area contributed by atoms with Crippen LogP contribution in [-0.4, -0.2) is 44.7 Å². The molecule has 0 radical (unpaired) electrons. The number of likely N-dealkylation sites (tertiary alicyclic amines) is 1. The summed E-state index contributed by atoms with van der Waals surface area (Å²) in [6.45, 7) is 6.03. The maximum absolute atomic E-state index is 5.34. The van der Waals surface area contributed by atoms with Crippen LogP contribution < -0.4 is 15.4 Å². The summed E-state index contributed by atoms with van der Waals surface area (Å²) >= 11 is 1.84. The van der Waals surface area contributed by atoms with E-state index in [1.54, 1.807) is 7.11 Å². The lowest BCUT2D eigenvalue weighted by Gasteiger charge is -2.27. The van der Waals surface area contributed by atoms with Gasteiger partial charge < -0.3 is 15.4 Å². The molecule has 1 aliphatic heterocycles. The fourth-order valence-corrected chi connectivity index (χ4v) is 4.45. The van der Waals surface area contributed by atoms with Crippen LogP contribution in [0.2, 0.25) is 0 Å². The predicted octanol–water partition coefficient (Wildman–Crippen LogP) is 4.19. The van der Waals surface area contributed by atoms with E-state index < -0.39 is 0 Å². The van der Waals surface area contributed by atoms with Gasteiger partial charge in [0.25, 0.3) is 0 Å². The molecule has 2 aromatic rings. The Morgan fingerprint density at radius 2 is 2.04 bits per heavy atom. The van der Waals surface area contributed by atoms with E-state index in [0.717, 1.165) is 30.4 Å². The Morgan fingerprint density at radius 3 is 2.64 bits per heavy atom. The number of nitrogens with one attached hydrogen (secondary N) is 2. The van der Waals surface area contributed by atoms with Crippen LogP contribution in [0.3, 0.4) is 0 Å². The standard InChI is InChI=1S/C21H30N4OS.HI/c1-16-13-17(8-9-19(16)26-3)14-23-21(22-2)24-15-18(20-7-6-12-27-20)25-10-4-5-11-25;/h6-9,12-13,18H,4-5,10-11,14-15H2,1-3H3,(H2,22,23,24);1H. The van der Waals surface area contributed by atoms with Crippen molar-refractivity contribution in [2.75, 3.05) is 33.8 Å². The lowest BCUT2D eigenvalue weighted by atomic mass is 10.1. The Labute approximate surface area is 189 Å². The van der Waals surface area contributed by atoms with Crippen LogP contribution in [0.5, 0.6) is 5.75 Å². The summed E-state index contributed by atoms with van der Waals surface area (Å²) in [7, 11) is 3.53. The maximum Gasteiger partial charge on any atom is 0.191 e. The van der Waals surface area contributed by atoms with E-state index >= 15 is 0 Å². The molecule has 2 N–H and O–H groups in total. The van der Waals surface area contributed by atoms with E-state index in [0.29, 0.717) is 6.04 Å². The summed E-state index contributed by atoms with van der Waals surface area (Å²) in [6, 6.07) is 11.0. The monoisotopic (exact) mass is 514 g/mol. The first-order chi connectivity index (χ1) is 13.2. The normalized spacial score (nSPS) is 15.8. The van der Waals surface area contributed by atoms with Gasteiger partial charge in [-0.05, 0) is 61.5 Å². The molecule has 1 aromatic carbocycles. The molecule has 0 saturated carbocycles. The van der Waals surface area contributed by atoms with Gasteiger partial charge in [0, 0.05) is 25.0 Å². The fourth-order valence-electron chi connectivity index (χ4n) is 3.59. The number of methoxy groups -OCH3 is 1. The third-order valence-electron chi connectivity index (χ3n) is 5.06. The first-order valence-corrected chi connectivity index (χ1v) is 10.4. The highest BCUT2D eigenvalue weighted by Gasteiger charge is 2.24. The van der Waals surface area contributed by atoms with Gasteiger partial charge in [-0.2, -0.15) is 0 Å². The minimum Gasteiger partial charge on any atom is -0.496 e. The molecule has 28 heavy (non-hydrogen) atoms. The van der Waals surface area contributed by atoms with E-state index in [2.05, 4.69) is 57.1 Å². The van der Waals surface area contributed by atoms with Crippen molar-refractivity contribution < 1.29 is 4.74 Å². The molecule has 0 amide bonds. The SMILES string of the molecule is CN=C(NCc1ccc(OC)c(C)c1)NCC(c1cccs1)N1CCCC1.I. The first kappa shape index (κ1) is 23.0. The number of hydrogen-bond donors (Lipinski definition) is 2. The molecule has 1 aliphatic rings. The Morgan fingerprint density at radius 1 is 1.25 bits per heavy atom. The van der Waals surface area contributed by atoms with Crippen LogP contribution in [0.4, 0.5) is 0 Å². The molecular weight excluding hydrogens is 483 g/mol. The number of benzene rings is 1. The zero-order valence-electron chi connectivity index (χ0n) is 16.9. The lowest BCUT2D eigenvalue weighted by Crippen LogP contribution is -2.42. The molecule has 154 valence electrons. The smallest absolute Gasteiger partial charge is 0.191 e. The second-order valence-corrected chi connectivity index (χ2v) is 7.86. The highest BCUT2D eigenvalue weighted by atomic mass is 127. The average Bonchev–Trinajstić information content (AvgIpc) is 3.39. The number of thiophene rings is 1. The van der Waals surface area contributed by atoms with Gasteiger partial charge in [-0.3, -0.25) is 9.89 Å². The molecule has 7 heteroatoms. The number of guanidine groups is 1. The quantitative estimate of drug-likeness (QED) is 0.331. The second kappa shape index (κ2) is 11.6. The van der Waals surface area contributed by atoms with Gasteiger partial charge in [0.05, 0.1) is 13.2 Å². The average molecular weight is 514 g/mol. The zero-order valence-corrected chi connectivity index (χ0v) is 20.1. The van der Waals surface area contributed by atoms with Gasteiger partial charge in [-0.1, -0.05) is 18.2 Å². The van der Waals surface area contributed by atoms with E-state index in [1.807, 2.05) is 24.5 Å². The van der Waals surface area contributed by atoms with Gasteiger partial charge in [0.15, 0.2) is 5.96 Å².